The minimum atomic E-state index is -0.983. The monoisotopic (exact) mass is 228 g/mol. The lowest BCUT2D eigenvalue weighted by Crippen LogP contribution is -2.16. The van der Waals surface area contributed by atoms with Crippen molar-refractivity contribution in [1.29, 1.82) is 0 Å². The highest BCUT2D eigenvalue weighted by Crippen LogP contribution is 2.43. The molecule has 0 atom stereocenters. The summed E-state index contributed by atoms with van der Waals surface area (Å²) >= 11 is 6.17. The summed E-state index contributed by atoms with van der Waals surface area (Å²) in [6, 6.07) is 1.73. The zero-order valence-electron chi connectivity index (χ0n) is 8.93. The molecule has 1 heterocycles. The number of fused-ring (bicyclic) bond motifs is 1. The largest absolute Gasteiger partial charge is 0.454 e. The van der Waals surface area contributed by atoms with E-state index in [4.69, 9.17) is 21.1 Å². The summed E-state index contributed by atoms with van der Waals surface area (Å²) in [6.07, 6.45) is 0. The number of benzene rings is 1. The van der Waals surface area contributed by atoms with E-state index >= 15 is 0 Å². The molecule has 1 N–H and O–H groups in total. The van der Waals surface area contributed by atoms with Crippen LogP contribution in [0, 0.1) is 6.92 Å². The van der Waals surface area contributed by atoms with Gasteiger partial charge in [-0.25, -0.2) is 0 Å². The van der Waals surface area contributed by atoms with Crippen LogP contribution in [0.4, 0.5) is 0 Å². The Labute approximate surface area is 93.6 Å². The van der Waals surface area contributed by atoms with Crippen LogP contribution in [0.25, 0.3) is 0 Å². The van der Waals surface area contributed by atoms with Gasteiger partial charge in [0.05, 0.1) is 10.6 Å². The van der Waals surface area contributed by atoms with Gasteiger partial charge in [0.2, 0.25) is 6.79 Å². The van der Waals surface area contributed by atoms with Crippen molar-refractivity contribution in [2.45, 2.75) is 26.4 Å². The fourth-order valence-electron chi connectivity index (χ4n) is 1.63. The summed E-state index contributed by atoms with van der Waals surface area (Å²) in [7, 11) is 0. The summed E-state index contributed by atoms with van der Waals surface area (Å²) in [4.78, 5) is 0. The van der Waals surface area contributed by atoms with Crippen LogP contribution in [0.15, 0.2) is 6.07 Å². The highest BCUT2D eigenvalue weighted by atomic mass is 35.5. The van der Waals surface area contributed by atoms with E-state index in [0.29, 0.717) is 22.1 Å². The Balaban J connectivity index is 2.64. The summed E-state index contributed by atoms with van der Waals surface area (Å²) in [5, 5.41) is 10.5. The smallest absolute Gasteiger partial charge is 0.231 e. The van der Waals surface area contributed by atoms with Gasteiger partial charge in [0.15, 0.2) is 11.5 Å². The SMILES string of the molecule is Cc1c(Cl)c(C(C)(C)O)cc2c1OCO2. The molecule has 0 spiro atoms. The Kier molecular flexibility index (Phi) is 2.32. The first-order valence-corrected chi connectivity index (χ1v) is 5.10. The number of hydrogen-bond acceptors (Lipinski definition) is 3. The molecule has 3 nitrogen and oxygen atoms in total. The van der Waals surface area contributed by atoms with Crippen molar-refractivity contribution in [3.8, 4) is 11.5 Å². The summed E-state index contributed by atoms with van der Waals surface area (Å²) < 4.78 is 10.6. The molecule has 82 valence electrons. The Morgan fingerprint density at radius 3 is 2.67 bits per heavy atom. The lowest BCUT2D eigenvalue weighted by atomic mass is 9.96. The van der Waals surface area contributed by atoms with Crippen LogP contribution in [0.1, 0.15) is 25.0 Å². The van der Waals surface area contributed by atoms with Gasteiger partial charge in [-0.05, 0) is 26.8 Å². The molecule has 0 amide bonds. The molecule has 1 aliphatic rings. The van der Waals surface area contributed by atoms with Gasteiger partial charge in [0.1, 0.15) is 0 Å². The maximum Gasteiger partial charge on any atom is 0.231 e. The third-order valence-electron chi connectivity index (χ3n) is 2.48. The second-order valence-corrected chi connectivity index (χ2v) is 4.53. The molecule has 0 aliphatic carbocycles. The fourth-order valence-corrected chi connectivity index (χ4v) is 2.00. The van der Waals surface area contributed by atoms with Crippen molar-refractivity contribution in [1.82, 2.24) is 0 Å². The van der Waals surface area contributed by atoms with Gasteiger partial charge in [0, 0.05) is 11.1 Å². The van der Waals surface area contributed by atoms with Crippen molar-refractivity contribution in [3.63, 3.8) is 0 Å². The molecule has 0 bridgehead atoms. The summed E-state index contributed by atoms with van der Waals surface area (Å²) in [6.45, 7) is 5.44. The van der Waals surface area contributed by atoms with Gasteiger partial charge in [-0.2, -0.15) is 0 Å². The molecule has 0 radical (unpaired) electrons. The average Bonchev–Trinajstić information content (AvgIpc) is 2.57. The quantitative estimate of drug-likeness (QED) is 0.803. The van der Waals surface area contributed by atoms with Crippen molar-refractivity contribution >= 4 is 11.6 Å². The number of hydrogen-bond donors (Lipinski definition) is 1. The van der Waals surface area contributed by atoms with Crippen LogP contribution < -0.4 is 9.47 Å². The molecular formula is C11H13ClO3. The molecular weight excluding hydrogens is 216 g/mol. The van der Waals surface area contributed by atoms with Gasteiger partial charge >= 0.3 is 0 Å². The predicted molar refractivity (Wildman–Crippen MR) is 57.6 cm³/mol. The van der Waals surface area contributed by atoms with E-state index in [1.807, 2.05) is 6.92 Å². The maximum absolute atomic E-state index is 9.94. The molecule has 1 aromatic rings. The zero-order chi connectivity index (χ0) is 11.2. The molecule has 0 saturated heterocycles. The zero-order valence-corrected chi connectivity index (χ0v) is 9.68. The van der Waals surface area contributed by atoms with E-state index in [1.165, 1.54) is 0 Å². The first-order valence-electron chi connectivity index (χ1n) is 4.73. The minimum absolute atomic E-state index is 0.210. The Morgan fingerprint density at radius 2 is 2.07 bits per heavy atom. The van der Waals surface area contributed by atoms with E-state index in [-0.39, 0.29) is 6.79 Å². The number of aliphatic hydroxyl groups is 1. The van der Waals surface area contributed by atoms with E-state index in [0.717, 1.165) is 5.56 Å². The van der Waals surface area contributed by atoms with Crippen LogP contribution >= 0.6 is 11.6 Å². The Bertz CT molecular complexity index is 407. The molecule has 0 aromatic heterocycles. The second-order valence-electron chi connectivity index (χ2n) is 4.16. The van der Waals surface area contributed by atoms with Gasteiger partial charge in [-0.1, -0.05) is 11.6 Å². The predicted octanol–water partition coefficient (Wildman–Crippen LogP) is 2.60. The molecule has 4 heteroatoms. The van der Waals surface area contributed by atoms with Gasteiger partial charge in [-0.3, -0.25) is 0 Å². The highest BCUT2D eigenvalue weighted by molar-refractivity contribution is 6.32. The molecule has 0 unspecified atom stereocenters. The van der Waals surface area contributed by atoms with Crippen molar-refractivity contribution in [3.05, 3.63) is 22.2 Å². The second kappa shape index (κ2) is 3.29. The molecule has 15 heavy (non-hydrogen) atoms. The molecule has 0 fully saturated rings. The van der Waals surface area contributed by atoms with Crippen LogP contribution in [0.5, 0.6) is 11.5 Å². The van der Waals surface area contributed by atoms with Crippen molar-refractivity contribution in [2.75, 3.05) is 6.79 Å². The lowest BCUT2D eigenvalue weighted by Gasteiger charge is -2.21. The van der Waals surface area contributed by atoms with Crippen LogP contribution in [-0.2, 0) is 5.60 Å². The van der Waals surface area contributed by atoms with Crippen LogP contribution in [0.2, 0.25) is 5.02 Å². The Hall–Kier alpha value is -0.930. The van der Waals surface area contributed by atoms with E-state index in [9.17, 15) is 5.11 Å². The summed E-state index contributed by atoms with van der Waals surface area (Å²) in [5.41, 5.74) is 0.484. The molecule has 1 aliphatic heterocycles. The van der Waals surface area contributed by atoms with Crippen LogP contribution in [-0.4, -0.2) is 11.9 Å². The number of ether oxygens (including phenoxy) is 2. The Morgan fingerprint density at radius 1 is 1.40 bits per heavy atom. The van der Waals surface area contributed by atoms with E-state index in [2.05, 4.69) is 0 Å². The first kappa shape index (κ1) is 10.6. The lowest BCUT2D eigenvalue weighted by molar-refractivity contribution is 0.0784. The summed E-state index contributed by atoms with van der Waals surface area (Å²) in [5.74, 6) is 1.32. The van der Waals surface area contributed by atoms with Crippen molar-refractivity contribution in [2.24, 2.45) is 0 Å². The standard InChI is InChI=1S/C11H13ClO3/c1-6-9(12)7(11(2,3)13)4-8-10(6)15-5-14-8/h4,13H,5H2,1-3H3. The molecule has 2 rings (SSSR count). The average molecular weight is 229 g/mol. The normalized spacial score (nSPS) is 14.5. The first-order chi connectivity index (χ1) is 6.91. The molecule has 0 saturated carbocycles. The van der Waals surface area contributed by atoms with Crippen molar-refractivity contribution < 1.29 is 14.6 Å². The van der Waals surface area contributed by atoms with Gasteiger partial charge in [0.25, 0.3) is 0 Å². The fraction of sp³-hybridized carbons (Fsp3) is 0.455. The number of halogens is 1. The van der Waals surface area contributed by atoms with Gasteiger partial charge in [-0.15, -0.1) is 0 Å². The highest BCUT2D eigenvalue weighted by Gasteiger charge is 2.27. The third kappa shape index (κ3) is 1.66. The third-order valence-corrected chi connectivity index (χ3v) is 2.97. The van der Waals surface area contributed by atoms with E-state index in [1.54, 1.807) is 19.9 Å². The maximum atomic E-state index is 9.94. The molecule has 1 aromatic carbocycles. The minimum Gasteiger partial charge on any atom is -0.454 e. The van der Waals surface area contributed by atoms with E-state index < -0.39 is 5.60 Å². The van der Waals surface area contributed by atoms with Gasteiger partial charge < -0.3 is 14.6 Å². The number of rotatable bonds is 1. The topological polar surface area (TPSA) is 38.7 Å². The van der Waals surface area contributed by atoms with Crippen LogP contribution in [0.3, 0.4) is 0 Å².